The molecule has 2 atom stereocenters. The largest absolute Gasteiger partial charge is 0.463 e. The van der Waals surface area contributed by atoms with Gasteiger partial charge in [0.25, 0.3) is 0 Å². The van der Waals surface area contributed by atoms with Gasteiger partial charge in [-0.3, -0.25) is 0 Å². The highest BCUT2D eigenvalue weighted by atomic mass is 16.8. The summed E-state index contributed by atoms with van der Waals surface area (Å²) < 4.78 is 16.2. The second-order valence-electron chi connectivity index (χ2n) is 4.33. The number of rotatable bonds is 2. The number of hydrogen-bond acceptors (Lipinski definition) is 5. The highest BCUT2D eigenvalue weighted by molar-refractivity contribution is 5.83. The molecule has 5 heteroatoms. The Balaban J connectivity index is 2.06. The molecule has 0 aromatic carbocycles. The Kier molecular flexibility index (Phi) is 2.90. The van der Waals surface area contributed by atoms with Gasteiger partial charge in [0.15, 0.2) is 5.79 Å². The summed E-state index contributed by atoms with van der Waals surface area (Å²) in [5.41, 5.74) is 0.744. The molecule has 2 unspecified atom stereocenters. The van der Waals surface area contributed by atoms with Crippen LogP contribution in [0.25, 0.3) is 0 Å². The Morgan fingerprint density at radius 1 is 1.62 bits per heavy atom. The summed E-state index contributed by atoms with van der Waals surface area (Å²) in [6.45, 7) is 6.55. The Morgan fingerprint density at radius 3 is 3.06 bits per heavy atom. The van der Waals surface area contributed by atoms with E-state index < -0.39 is 5.79 Å². The van der Waals surface area contributed by atoms with Crippen molar-refractivity contribution < 1.29 is 19.0 Å². The Morgan fingerprint density at radius 2 is 2.38 bits per heavy atom. The summed E-state index contributed by atoms with van der Waals surface area (Å²) in [7, 11) is 0. The van der Waals surface area contributed by atoms with Crippen LogP contribution in [0.15, 0.2) is 11.8 Å². The number of ether oxygens (including phenoxy) is 3. The molecule has 0 saturated carbocycles. The highest BCUT2D eigenvalue weighted by Crippen LogP contribution is 2.34. The summed E-state index contributed by atoms with van der Waals surface area (Å²) >= 11 is 0. The van der Waals surface area contributed by atoms with Crippen LogP contribution in [0.2, 0.25) is 0 Å². The molecule has 0 radical (unpaired) electrons. The van der Waals surface area contributed by atoms with E-state index in [-0.39, 0.29) is 18.2 Å². The molecule has 0 bridgehead atoms. The van der Waals surface area contributed by atoms with Crippen LogP contribution >= 0.6 is 0 Å². The normalized spacial score (nSPS) is 33.6. The number of nitrogens with one attached hydrogen (secondary N) is 1. The zero-order valence-electron chi connectivity index (χ0n) is 9.78. The minimum atomic E-state index is -0.578. The molecule has 0 spiro atoms. The maximum Gasteiger partial charge on any atom is 0.332 e. The maximum absolute atomic E-state index is 11.3. The fraction of sp³-hybridized carbons (Fsp3) is 0.727. The van der Waals surface area contributed by atoms with Gasteiger partial charge in [0.1, 0.15) is 12.2 Å². The fourth-order valence-corrected chi connectivity index (χ4v) is 2.01. The molecule has 0 aromatic rings. The maximum atomic E-state index is 11.3. The van der Waals surface area contributed by atoms with Crippen molar-refractivity contribution in [3.63, 3.8) is 0 Å². The molecule has 0 amide bonds. The van der Waals surface area contributed by atoms with Crippen molar-refractivity contribution in [2.45, 2.75) is 38.8 Å². The predicted molar refractivity (Wildman–Crippen MR) is 56.5 cm³/mol. The molecule has 2 aliphatic rings. The molecule has 2 rings (SSSR count). The number of esters is 1. The molecule has 0 aromatic heterocycles. The van der Waals surface area contributed by atoms with E-state index in [1.165, 1.54) is 6.08 Å². The van der Waals surface area contributed by atoms with Crippen molar-refractivity contribution >= 4 is 5.97 Å². The number of carbonyl (C=O) groups is 1. The third-order valence-electron chi connectivity index (χ3n) is 2.56. The lowest BCUT2D eigenvalue weighted by atomic mass is 10.2. The Labute approximate surface area is 94.7 Å². The molecule has 5 nitrogen and oxygen atoms in total. The summed E-state index contributed by atoms with van der Waals surface area (Å²) in [6.07, 6.45) is 1.24. The first-order valence-corrected chi connectivity index (χ1v) is 5.49. The zero-order chi connectivity index (χ0) is 11.8. The lowest BCUT2D eigenvalue weighted by Gasteiger charge is -2.18. The second-order valence-corrected chi connectivity index (χ2v) is 4.33. The van der Waals surface area contributed by atoms with Gasteiger partial charge in [-0.25, -0.2) is 4.79 Å². The molecular weight excluding hydrogens is 210 g/mol. The van der Waals surface area contributed by atoms with Crippen molar-refractivity contribution in [1.82, 2.24) is 5.32 Å². The van der Waals surface area contributed by atoms with Gasteiger partial charge in [0.05, 0.1) is 12.3 Å². The minimum Gasteiger partial charge on any atom is -0.463 e. The lowest BCUT2D eigenvalue weighted by Crippen LogP contribution is -2.26. The van der Waals surface area contributed by atoms with Crippen molar-refractivity contribution in [2.75, 3.05) is 13.2 Å². The van der Waals surface area contributed by atoms with Gasteiger partial charge in [-0.15, -0.1) is 0 Å². The molecule has 2 heterocycles. The molecule has 2 aliphatic heterocycles. The summed E-state index contributed by atoms with van der Waals surface area (Å²) in [5.74, 6) is -0.926. The average Bonchev–Trinajstić information content (AvgIpc) is 2.64. The van der Waals surface area contributed by atoms with E-state index in [1.54, 1.807) is 6.92 Å². The third kappa shape index (κ3) is 2.20. The summed E-state index contributed by atoms with van der Waals surface area (Å²) in [5, 5.41) is 3.10. The first-order valence-electron chi connectivity index (χ1n) is 5.49. The quantitative estimate of drug-likeness (QED) is 0.551. The van der Waals surface area contributed by atoms with Gasteiger partial charge < -0.3 is 19.5 Å². The lowest BCUT2D eigenvalue weighted by molar-refractivity contribution is -0.147. The van der Waals surface area contributed by atoms with E-state index in [0.717, 1.165) is 5.70 Å². The SMILES string of the molecule is CCOC(=O)/C=C1/NCC2OC(C)(C)OC12. The van der Waals surface area contributed by atoms with Crippen LogP contribution in [-0.2, 0) is 19.0 Å². The van der Waals surface area contributed by atoms with E-state index in [1.807, 2.05) is 13.8 Å². The Hall–Kier alpha value is -1.07. The van der Waals surface area contributed by atoms with Crippen molar-refractivity contribution in [1.29, 1.82) is 0 Å². The fourth-order valence-electron chi connectivity index (χ4n) is 2.01. The van der Waals surface area contributed by atoms with Gasteiger partial charge in [-0.05, 0) is 20.8 Å². The molecule has 1 N–H and O–H groups in total. The van der Waals surface area contributed by atoms with Gasteiger partial charge in [-0.2, -0.15) is 0 Å². The number of carbonyl (C=O) groups excluding carboxylic acids is 1. The van der Waals surface area contributed by atoms with Crippen molar-refractivity contribution in [3.8, 4) is 0 Å². The van der Waals surface area contributed by atoms with Crippen LogP contribution in [-0.4, -0.2) is 37.1 Å². The van der Waals surface area contributed by atoms with E-state index in [4.69, 9.17) is 14.2 Å². The van der Waals surface area contributed by atoms with Gasteiger partial charge in [0.2, 0.25) is 0 Å². The van der Waals surface area contributed by atoms with E-state index >= 15 is 0 Å². The van der Waals surface area contributed by atoms with E-state index in [9.17, 15) is 4.79 Å². The minimum absolute atomic E-state index is 0.0179. The van der Waals surface area contributed by atoms with E-state index in [2.05, 4.69) is 5.32 Å². The van der Waals surface area contributed by atoms with Crippen molar-refractivity contribution in [3.05, 3.63) is 11.8 Å². The summed E-state index contributed by atoms with van der Waals surface area (Å²) in [6, 6.07) is 0. The summed E-state index contributed by atoms with van der Waals surface area (Å²) in [4.78, 5) is 11.3. The van der Waals surface area contributed by atoms with Gasteiger partial charge in [0, 0.05) is 12.6 Å². The molecule has 90 valence electrons. The van der Waals surface area contributed by atoms with Crippen LogP contribution in [0.4, 0.5) is 0 Å². The molecule has 0 aliphatic carbocycles. The second kappa shape index (κ2) is 4.07. The molecule has 2 fully saturated rings. The Bertz CT molecular complexity index is 324. The van der Waals surface area contributed by atoms with Gasteiger partial charge >= 0.3 is 5.97 Å². The zero-order valence-corrected chi connectivity index (χ0v) is 9.78. The first-order chi connectivity index (χ1) is 7.52. The first kappa shape index (κ1) is 11.4. The topological polar surface area (TPSA) is 56.8 Å². The molecule has 2 saturated heterocycles. The smallest absolute Gasteiger partial charge is 0.332 e. The van der Waals surface area contributed by atoms with Crippen LogP contribution < -0.4 is 5.32 Å². The number of hydrogen-bond donors (Lipinski definition) is 1. The molecular formula is C11H17NO4. The van der Waals surface area contributed by atoms with Crippen LogP contribution in [0.1, 0.15) is 20.8 Å². The number of fused-ring (bicyclic) bond motifs is 1. The molecule has 16 heavy (non-hydrogen) atoms. The predicted octanol–water partition coefficient (Wildman–Crippen LogP) is 0.557. The van der Waals surface area contributed by atoms with Crippen LogP contribution in [0.5, 0.6) is 0 Å². The van der Waals surface area contributed by atoms with Crippen LogP contribution in [0.3, 0.4) is 0 Å². The average molecular weight is 227 g/mol. The van der Waals surface area contributed by atoms with E-state index in [0.29, 0.717) is 13.2 Å². The standard InChI is InChI=1S/C11H17NO4/c1-4-14-9(13)5-7-10-8(6-12-7)15-11(2,3)16-10/h5,8,10,12H,4,6H2,1-3H3/b7-5+. The highest BCUT2D eigenvalue weighted by Gasteiger charge is 2.46. The van der Waals surface area contributed by atoms with Crippen molar-refractivity contribution in [2.24, 2.45) is 0 Å². The van der Waals surface area contributed by atoms with Gasteiger partial charge in [-0.1, -0.05) is 0 Å². The van der Waals surface area contributed by atoms with Crippen LogP contribution in [0, 0.1) is 0 Å². The monoisotopic (exact) mass is 227 g/mol. The third-order valence-corrected chi connectivity index (χ3v) is 2.56.